The molecule has 0 aliphatic rings. The van der Waals surface area contributed by atoms with E-state index in [4.69, 9.17) is 0 Å². The molecule has 1 aromatic rings. The lowest BCUT2D eigenvalue weighted by atomic mass is 9.91. The molecule has 0 aromatic heterocycles. The van der Waals surface area contributed by atoms with Crippen LogP contribution in [0.25, 0.3) is 0 Å². The highest BCUT2D eigenvalue weighted by Crippen LogP contribution is 2.63. The number of hydrogen-bond acceptors (Lipinski definition) is 1. The Kier molecular flexibility index (Phi) is 7.62. The van der Waals surface area contributed by atoms with Crippen molar-refractivity contribution in [3.63, 3.8) is 0 Å². The summed E-state index contributed by atoms with van der Waals surface area (Å²) in [6, 6.07) is -0.182. The Morgan fingerprint density at radius 2 is 1.03 bits per heavy atom. The predicted molar refractivity (Wildman–Crippen MR) is 79.7 cm³/mol. The summed E-state index contributed by atoms with van der Waals surface area (Å²) in [6.07, 6.45) is -7.77. The minimum Gasteiger partial charge on any atom is -0.430 e. The van der Waals surface area contributed by atoms with Gasteiger partial charge in [0.1, 0.15) is 5.75 Å². The summed E-state index contributed by atoms with van der Waals surface area (Å²) in [5.74, 6) is -55.1. The van der Waals surface area contributed by atoms with Crippen LogP contribution in [-0.4, -0.2) is 41.7 Å². The second-order valence-corrected chi connectivity index (χ2v) is 7.01. The molecule has 0 spiro atoms. The zero-order chi connectivity index (χ0) is 27.3. The smallest absolute Gasteiger partial charge is 0.430 e. The molecule has 0 aliphatic carbocycles. The van der Waals surface area contributed by atoms with Crippen LogP contribution in [-0.2, 0) is 0 Å². The first-order chi connectivity index (χ1) is 14.8. The Morgan fingerprint density at radius 3 is 1.44 bits per heavy atom. The Bertz CT molecular complexity index is 933. The molecule has 0 saturated carbocycles. The SMILES string of the molecule is FC(Oc1cccc(Br)c1)=C(F)C(F)(F)C(F)(F)C(F)(F)C(F)(F)C(F)(F)C(F)(F)C(F)(F)F. The van der Waals surface area contributed by atoms with E-state index in [9.17, 15) is 74.6 Å². The van der Waals surface area contributed by atoms with Gasteiger partial charge < -0.3 is 4.74 Å². The van der Waals surface area contributed by atoms with Crippen LogP contribution in [0.1, 0.15) is 0 Å². The van der Waals surface area contributed by atoms with Crippen molar-refractivity contribution in [2.75, 3.05) is 0 Å². The maximum Gasteiger partial charge on any atom is 0.460 e. The van der Waals surface area contributed by atoms with Gasteiger partial charge in [-0.2, -0.15) is 74.6 Å². The number of ether oxygens (including phenoxy) is 1. The van der Waals surface area contributed by atoms with Crippen molar-refractivity contribution in [1.29, 1.82) is 0 Å². The lowest BCUT2D eigenvalue weighted by molar-refractivity contribution is -0.451. The van der Waals surface area contributed by atoms with E-state index in [1.165, 1.54) is 0 Å². The van der Waals surface area contributed by atoms with Crippen molar-refractivity contribution >= 4 is 15.9 Å². The number of rotatable bonds is 8. The van der Waals surface area contributed by atoms with Crippen LogP contribution in [0.4, 0.5) is 74.6 Å². The van der Waals surface area contributed by atoms with Crippen LogP contribution >= 0.6 is 15.9 Å². The largest absolute Gasteiger partial charge is 0.460 e. The maximum atomic E-state index is 13.6. The second kappa shape index (κ2) is 8.61. The van der Waals surface area contributed by atoms with Gasteiger partial charge in [-0.1, -0.05) is 22.0 Å². The first-order valence-corrected chi connectivity index (χ1v) is 8.42. The summed E-state index contributed by atoms with van der Waals surface area (Å²) >= 11 is 2.68. The van der Waals surface area contributed by atoms with Crippen molar-refractivity contribution in [2.45, 2.75) is 41.7 Å². The monoisotopic (exact) mass is 602 g/mol. The first-order valence-electron chi connectivity index (χ1n) is 7.63. The molecular formula is C15H4BrF17O. The number of halogens is 18. The van der Waals surface area contributed by atoms with E-state index in [-0.39, 0.29) is 4.47 Å². The van der Waals surface area contributed by atoms with Crippen LogP contribution in [0, 0.1) is 0 Å². The second-order valence-electron chi connectivity index (χ2n) is 6.09. The van der Waals surface area contributed by atoms with Crippen molar-refractivity contribution in [2.24, 2.45) is 0 Å². The van der Waals surface area contributed by atoms with E-state index in [1.807, 2.05) is 0 Å². The van der Waals surface area contributed by atoms with Crippen LogP contribution < -0.4 is 4.74 Å². The van der Waals surface area contributed by atoms with Gasteiger partial charge in [-0.05, 0) is 18.2 Å². The average molecular weight is 603 g/mol. The van der Waals surface area contributed by atoms with Gasteiger partial charge in [-0.3, -0.25) is 0 Å². The topological polar surface area (TPSA) is 9.23 Å². The summed E-state index contributed by atoms with van der Waals surface area (Å²) in [5.41, 5.74) is 0. The summed E-state index contributed by atoms with van der Waals surface area (Å²) in [6.45, 7) is 0. The summed E-state index contributed by atoms with van der Waals surface area (Å²) in [4.78, 5) is 0. The molecule has 0 amide bonds. The van der Waals surface area contributed by atoms with E-state index < -0.39 is 59.3 Å². The van der Waals surface area contributed by atoms with E-state index in [2.05, 4.69) is 20.7 Å². The lowest BCUT2D eigenvalue weighted by Crippen LogP contribution is -2.72. The normalized spacial score (nSPS) is 15.8. The van der Waals surface area contributed by atoms with Gasteiger partial charge in [0.05, 0.1) is 0 Å². The first kappa shape index (κ1) is 30.1. The van der Waals surface area contributed by atoms with Gasteiger partial charge in [0.15, 0.2) is 0 Å². The highest BCUT2D eigenvalue weighted by atomic mass is 79.9. The van der Waals surface area contributed by atoms with E-state index in [1.54, 1.807) is 0 Å². The molecule has 34 heavy (non-hydrogen) atoms. The number of allylic oxidation sites excluding steroid dienone is 1. The minimum atomic E-state index is -8.62. The third-order valence-electron chi connectivity index (χ3n) is 3.78. The molecule has 0 N–H and O–H groups in total. The molecular weight excluding hydrogens is 599 g/mol. The molecule has 0 fully saturated rings. The van der Waals surface area contributed by atoms with E-state index in [0.717, 1.165) is 12.1 Å². The predicted octanol–water partition coefficient (Wildman–Crippen LogP) is 8.31. The van der Waals surface area contributed by atoms with Gasteiger partial charge in [0.25, 0.3) is 0 Å². The molecule has 0 aliphatic heterocycles. The zero-order valence-corrected chi connectivity index (χ0v) is 16.6. The Balaban J connectivity index is 3.59. The quantitative estimate of drug-likeness (QED) is 0.215. The summed E-state index contributed by atoms with van der Waals surface area (Å²) < 4.78 is 226. The fourth-order valence-corrected chi connectivity index (χ4v) is 2.28. The molecule has 0 saturated heterocycles. The van der Waals surface area contributed by atoms with Crippen molar-refractivity contribution in [1.82, 2.24) is 0 Å². The van der Waals surface area contributed by atoms with Crippen LogP contribution in [0.5, 0.6) is 5.75 Å². The standard InChI is InChI=1S/C15H4BrF17O/c16-5-2-1-3-6(4-5)34-8(18)7(17)9(19,20)10(21,22)11(23,24)12(25,26)13(27,28)14(29,30)15(31,32)33/h1-4H. The van der Waals surface area contributed by atoms with Gasteiger partial charge >= 0.3 is 47.7 Å². The highest BCUT2D eigenvalue weighted by molar-refractivity contribution is 9.10. The Hall–Kier alpha value is -1.95. The molecule has 1 aromatic carbocycles. The Labute approximate surface area is 184 Å². The maximum absolute atomic E-state index is 13.6. The molecule has 0 radical (unpaired) electrons. The zero-order valence-electron chi connectivity index (χ0n) is 15.0. The molecule has 196 valence electrons. The minimum absolute atomic E-state index is 0.0608. The number of hydrogen-bond donors (Lipinski definition) is 0. The van der Waals surface area contributed by atoms with Crippen LogP contribution in [0.15, 0.2) is 40.6 Å². The van der Waals surface area contributed by atoms with Crippen molar-refractivity contribution in [3.8, 4) is 5.75 Å². The van der Waals surface area contributed by atoms with E-state index in [0.29, 0.717) is 12.1 Å². The Morgan fingerprint density at radius 1 is 0.618 bits per heavy atom. The molecule has 1 rings (SSSR count). The molecule has 0 unspecified atom stereocenters. The fourth-order valence-electron chi connectivity index (χ4n) is 1.91. The third kappa shape index (κ3) is 4.38. The molecule has 0 atom stereocenters. The molecule has 1 nitrogen and oxygen atoms in total. The van der Waals surface area contributed by atoms with Crippen LogP contribution in [0.2, 0.25) is 0 Å². The van der Waals surface area contributed by atoms with Gasteiger partial charge in [0.2, 0.25) is 5.83 Å². The lowest BCUT2D eigenvalue weighted by Gasteiger charge is -2.41. The van der Waals surface area contributed by atoms with Gasteiger partial charge in [-0.25, -0.2) is 0 Å². The third-order valence-corrected chi connectivity index (χ3v) is 4.27. The summed E-state index contributed by atoms with van der Waals surface area (Å²) in [5, 5.41) is 0. The number of benzene rings is 1. The van der Waals surface area contributed by atoms with Gasteiger partial charge in [0, 0.05) is 4.47 Å². The van der Waals surface area contributed by atoms with Gasteiger partial charge in [-0.15, -0.1) is 0 Å². The average Bonchev–Trinajstić information content (AvgIpc) is 2.65. The number of alkyl halides is 15. The highest BCUT2D eigenvalue weighted by Gasteiger charge is 2.93. The van der Waals surface area contributed by atoms with E-state index >= 15 is 0 Å². The fraction of sp³-hybridized carbons (Fsp3) is 0.467. The van der Waals surface area contributed by atoms with Crippen LogP contribution in [0.3, 0.4) is 0 Å². The summed E-state index contributed by atoms with van der Waals surface area (Å²) in [7, 11) is 0. The molecule has 0 heterocycles. The van der Waals surface area contributed by atoms with Crippen molar-refractivity contribution in [3.05, 3.63) is 40.6 Å². The molecule has 19 heteroatoms. The van der Waals surface area contributed by atoms with Crippen molar-refractivity contribution < 1.29 is 79.4 Å². The molecule has 0 bridgehead atoms.